The van der Waals surface area contributed by atoms with E-state index in [4.69, 9.17) is 17.0 Å². The summed E-state index contributed by atoms with van der Waals surface area (Å²) in [4.78, 5) is 0. The molecular formula is C15H19Cl2Zr. The van der Waals surface area contributed by atoms with Crippen LogP contribution in [0.5, 0.6) is 0 Å². The zero-order chi connectivity index (χ0) is 13.3. The normalized spacial score (nSPS) is 17.6. The van der Waals surface area contributed by atoms with Gasteiger partial charge >= 0.3 is 126 Å². The summed E-state index contributed by atoms with van der Waals surface area (Å²) in [6, 6.07) is 4.52. The molecule has 1 unspecified atom stereocenters. The SMILES string of the molecule is CCCCc1ccc(C)c2c1C=C(C)[CH]2[Zr]([Cl])[Cl]. The molecular weight excluding hydrogens is 342 g/mol. The molecule has 0 radical (unpaired) electrons. The van der Waals surface area contributed by atoms with Gasteiger partial charge in [0, 0.05) is 0 Å². The van der Waals surface area contributed by atoms with Crippen LogP contribution in [0.25, 0.3) is 6.08 Å². The van der Waals surface area contributed by atoms with Crippen molar-refractivity contribution >= 4 is 23.1 Å². The van der Waals surface area contributed by atoms with Crippen LogP contribution in [0.1, 0.15) is 52.6 Å². The molecule has 1 aromatic rings. The van der Waals surface area contributed by atoms with E-state index in [1.165, 1.54) is 47.1 Å². The van der Waals surface area contributed by atoms with Gasteiger partial charge in [-0.25, -0.2) is 0 Å². The summed E-state index contributed by atoms with van der Waals surface area (Å²) in [5, 5.41) is 0. The first-order valence-electron chi connectivity index (χ1n) is 6.54. The summed E-state index contributed by atoms with van der Waals surface area (Å²) in [6.07, 6.45) is 5.98. The van der Waals surface area contributed by atoms with E-state index < -0.39 is 19.4 Å². The zero-order valence-electron chi connectivity index (χ0n) is 11.2. The van der Waals surface area contributed by atoms with E-state index >= 15 is 0 Å². The molecule has 0 saturated heterocycles. The van der Waals surface area contributed by atoms with Crippen molar-refractivity contribution in [2.75, 3.05) is 0 Å². The van der Waals surface area contributed by atoms with Gasteiger partial charge in [-0.05, 0) is 0 Å². The molecule has 1 aliphatic carbocycles. The molecule has 0 bridgehead atoms. The van der Waals surface area contributed by atoms with Crippen molar-refractivity contribution in [1.29, 1.82) is 0 Å². The number of hydrogen-bond acceptors (Lipinski definition) is 0. The van der Waals surface area contributed by atoms with Crippen molar-refractivity contribution in [3.63, 3.8) is 0 Å². The summed E-state index contributed by atoms with van der Waals surface area (Å²) in [5.41, 5.74) is 7.04. The van der Waals surface area contributed by atoms with Gasteiger partial charge in [-0.3, -0.25) is 0 Å². The fourth-order valence-electron chi connectivity index (χ4n) is 2.75. The Balaban J connectivity index is 2.47. The van der Waals surface area contributed by atoms with Crippen molar-refractivity contribution in [1.82, 2.24) is 0 Å². The minimum absolute atomic E-state index is 0.368. The molecule has 0 saturated carbocycles. The van der Waals surface area contributed by atoms with Gasteiger partial charge in [-0.2, -0.15) is 0 Å². The van der Waals surface area contributed by atoms with Gasteiger partial charge < -0.3 is 0 Å². The van der Waals surface area contributed by atoms with Crippen LogP contribution in [-0.4, -0.2) is 0 Å². The Kier molecular flexibility index (Phi) is 5.15. The number of unbranched alkanes of at least 4 members (excludes halogenated alkanes) is 1. The van der Waals surface area contributed by atoms with E-state index in [1.54, 1.807) is 0 Å². The number of fused-ring (bicyclic) bond motifs is 1. The van der Waals surface area contributed by atoms with Crippen LogP contribution in [0, 0.1) is 6.92 Å². The first-order valence-corrected chi connectivity index (χ1v) is 14.3. The molecule has 1 aliphatic rings. The Morgan fingerprint density at radius 1 is 1.22 bits per heavy atom. The van der Waals surface area contributed by atoms with Gasteiger partial charge in [0.05, 0.1) is 0 Å². The Morgan fingerprint density at radius 3 is 2.56 bits per heavy atom. The second kappa shape index (κ2) is 6.25. The van der Waals surface area contributed by atoms with Crippen molar-refractivity contribution in [3.8, 4) is 0 Å². The second-order valence-corrected chi connectivity index (χ2v) is 13.9. The third-order valence-corrected chi connectivity index (χ3v) is 9.21. The number of aryl methyl sites for hydroxylation is 2. The predicted octanol–water partition coefficient (Wildman–Crippen LogP) is 5.72. The molecule has 0 spiro atoms. The molecule has 0 aromatic heterocycles. The van der Waals surface area contributed by atoms with E-state index in [9.17, 15) is 0 Å². The summed E-state index contributed by atoms with van der Waals surface area (Å²) in [6.45, 7) is 6.60. The molecule has 0 nitrogen and oxygen atoms in total. The first-order chi connectivity index (χ1) is 8.56. The third kappa shape index (κ3) is 2.79. The van der Waals surface area contributed by atoms with Gasteiger partial charge in [-0.1, -0.05) is 0 Å². The van der Waals surface area contributed by atoms with Crippen LogP contribution >= 0.6 is 17.0 Å². The van der Waals surface area contributed by atoms with Crippen LogP contribution < -0.4 is 0 Å². The van der Waals surface area contributed by atoms with E-state index in [0.29, 0.717) is 3.63 Å². The van der Waals surface area contributed by atoms with E-state index in [-0.39, 0.29) is 0 Å². The summed E-state index contributed by atoms with van der Waals surface area (Å²) < 4.78 is 0.368. The molecule has 0 amide bonds. The van der Waals surface area contributed by atoms with Crippen LogP contribution in [-0.2, 0) is 25.8 Å². The molecule has 0 N–H and O–H groups in total. The molecule has 3 heteroatoms. The van der Waals surface area contributed by atoms with E-state index in [0.717, 1.165) is 0 Å². The predicted molar refractivity (Wildman–Crippen MR) is 77.9 cm³/mol. The number of rotatable bonds is 4. The van der Waals surface area contributed by atoms with Crippen molar-refractivity contribution < 1.29 is 19.4 Å². The van der Waals surface area contributed by atoms with Gasteiger partial charge in [-0.15, -0.1) is 0 Å². The Morgan fingerprint density at radius 2 is 1.94 bits per heavy atom. The Labute approximate surface area is 125 Å². The van der Waals surface area contributed by atoms with Crippen LogP contribution in [0.4, 0.5) is 0 Å². The maximum absolute atomic E-state index is 6.36. The Hall–Kier alpha value is 0.423. The topological polar surface area (TPSA) is 0 Å². The van der Waals surface area contributed by atoms with E-state index in [1.807, 2.05) is 0 Å². The van der Waals surface area contributed by atoms with E-state index in [2.05, 4.69) is 39.0 Å². The standard InChI is InChI=1S/C15H19.2ClH.Zr/c1-4-5-6-13-8-7-12(3)14-9-11(2)10-15(13)14;;;/h7-10H,4-6H2,1-3H3;2*1H;/q;;;+2/p-2. The van der Waals surface area contributed by atoms with Crippen LogP contribution in [0.2, 0.25) is 0 Å². The monoisotopic (exact) mass is 359 g/mol. The van der Waals surface area contributed by atoms with Gasteiger partial charge in [0.1, 0.15) is 0 Å². The number of allylic oxidation sites excluding steroid dienone is 1. The first kappa shape index (κ1) is 14.8. The number of benzene rings is 1. The molecule has 18 heavy (non-hydrogen) atoms. The number of hydrogen-bond donors (Lipinski definition) is 0. The van der Waals surface area contributed by atoms with Crippen molar-refractivity contribution in [2.45, 2.75) is 43.7 Å². The summed E-state index contributed by atoms with van der Waals surface area (Å²) in [7, 11) is 12.7. The summed E-state index contributed by atoms with van der Waals surface area (Å²) >= 11 is -2.28. The van der Waals surface area contributed by atoms with Crippen molar-refractivity contribution in [2.24, 2.45) is 0 Å². The Bertz CT molecular complexity index is 478. The molecule has 0 fully saturated rings. The zero-order valence-corrected chi connectivity index (χ0v) is 15.2. The molecule has 97 valence electrons. The summed E-state index contributed by atoms with van der Waals surface area (Å²) in [5.74, 6) is 0. The van der Waals surface area contributed by atoms with Crippen molar-refractivity contribution in [3.05, 3.63) is 40.0 Å². The molecule has 2 rings (SSSR count). The van der Waals surface area contributed by atoms with Crippen LogP contribution in [0.15, 0.2) is 17.7 Å². The number of halogens is 2. The van der Waals surface area contributed by atoms with Crippen LogP contribution in [0.3, 0.4) is 0 Å². The molecule has 0 aliphatic heterocycles. The third-order valence-electron chi connectivity index (χ3n) is 3.73. The molecule has 1 aromatic carbocycles. The fraction of sp³-hybridized carbons (Fsp3) is 0.467. The molecule has 1 atom stereocenters. The average molecular weight is 361 g/mol. The van der Waals surface area contributed by atoms with Gasteiger partial charge in [0.2, 0.25) is 0 Å². The average Bonchev–Trinajstić information content (AvgIpc) is 2.66. The second-order valence-electron chi connectivity index (χ2n) is 5.08. The minimum atomic E-state index is -2.28. The maximum atomic E-state index is 6.36. The quantitative estimate of drug-likeness (QED) is 0.643. The molecule has 0 heterocycles. The van der Waals surface area contributed by atoms with Gasteiger partial charge in [0.15, 0.2) is 0 Å². The fourth-order valence-corrected chi connectivity index (χ4v) is 8.61. The van der Waals surface area contributed by atoms with Gasteiger partial charge in [0.25, 0.3) is 0 Å².